The van der Waals surface area contributed by atoms with Gasteiger partial charge in [-0.3, -0.25) is 0 Å². The van der Waals surface area contributed by atoms with Gasteiger partial charge in [-0.2, -0.15) is 4.57 Å². The lowest BCUT2D eigenvalue weighted by Gasteiger charge is -2.46. The van der Waals surface area contributed by atoms with Crippen molar-refractivity contribution in [1.82, 2.24) is 0 Å². The molecule has 4 aliphatic heterocycles. The number of hydrogen-bond acceptors (Lipinski definition) is 4. The molecule has 5 nitrogen and oxygen atoms in total. The number of aryl methyl sites for hydroxylation is 3. The lowest BCUT2D eigenvalue weighted by Crippen LogP contribution is -2.62. The van der Waals surface area contributed by atoms with Crippen LogP contribution in [0.5, 0.6) is 0 Å². The predicted molar refractivity (Wildman–Crippen MR) is 290 cm³/mol. The molecule has 1 aromatic heterocycles. The maximum Gasteiger partial charge on any atom is 0.333 e. The van der Waals surface area contributed by atoms with E-state index in [1.807, 2.05) is 0 Å². The number of fused-ring (bicyclic) bond motifs is 8. The smallest absolute Gasteiger partial charge is 0.333 e. The summed E-state index contributed by atoms with van der Waals surface area (Å²) in [7, 11) is 0. The minimum Gasteiger partial charge on any atom is -0.376 e. The molecule has 10 aromatic rings. The standard InChI is InChI=1S/C62H46B2N5/c1-41-36-42(2)62(43(3)37-41)67-56-32-18-15-29-52(56)63-61-51(49-27-14-17-31-55(49)69(63)46-24-11-6-12-25-46)38-47(39-58(61)67)65-35-34-53-59(40-65)66(44-20-7-4-8-21-44)57-33-19-28-50-48-26-13-16-30-54(48)68(64(53)60(50)57)45-22-9-5-10-23-45/h4-40H,1-3H3/q+1. The van der Waals surface area contributed by atoms with E-state index in [1.165, 1.54) is 106 Å². The Bertz CT molecular complexity index is 3690. The molecule has 0 fully saturated rings. The van der Waals surface area contributed by atoms with Gasteiger partial charge in [0.25, 0.3) is 0 Å². The monoisotopic (exact) mass is 882 g/mol. The Labute approximate surface area is 404 Å². The van der Waals surface area contributed by atoms with Crippen LogP contribution in [0.3, 0.4) is 0 Å². The maximum absolute atomic E-state index is 2.57. The first kappa shape index (κ1) is 39.6. The first-order valence-electron chi connectivity index (χ1n) is 24.1. The fourth-order valence-electron chi connectivity index (χ4n) is 12.3. The number of aromatic nitrogens is 1. The van der Waals surface area contributed by atoms with E-state index < -0.39 is 0 Å². The van der Waals surface area contributed by atoms with Gasteiger partial charge in [0.2, 0.25) is 5.69 Å². The summed E-state index contributed by atoms with van der Waals surface area (Å²) >= 11 is 0. The minimum atomic E-state index is -0.0705. The molecule has 0 radical (unpaired) electrons. The molecule has 14 rings (SSSR count). The van der Waals surface area contributed by atoms with Crippen molar-refractivity contribution in [3.8, 4) is 27.9 Å². The van der Waals surface area contributed by atoms with Crippen LogP contribution in [0.25, 0.3) is 27.9 Å². The number of pyridine rings is 1. The van der Waals surface area contributed by atoms with Gasteiger partial charge in [-0.15, -0.1) is 0 Å². The van der Waals surface area contributed by atoms with E-state index in [1.54, 1.807) is 0 Å². The van der Waals surface area contributed by atoms with Crippen LogP contribution < -0.4 is 45.8 Å². The topological polar surface area (TPSA) is 16.8 Å². The summed E-state index contributed by atoms with van der Waals surface area (Å²) in [6.45, 7) is 6.61. The first-order chi connectivity index (χ1) is 34.0. The zero-order valence-corrected chi connectivity index (χ0v) is 38.8. The van der Waals surface area contributed by atoms with Crippen LogP contribution in [-0.2, 0) is 0 Å². The van der Waals surface area contributed by atoms with Gasteiger partial charge in [0.1, 0.15) is 5.69 Å². The molecule has 0 N–H and O–H groups in total. The van der Waals surface area contributed by atoms with Gasteiger partial charge in [0.15, 0.2) is 12.4 Å². The third-order valence-electron chi connectivity index (χ3n) is 14.9. The lowest BCUT2D eigenvalue weighted by molar-refractivity contribution is -0.594. The van der Waals surface area contributed by atoms with Crippen molar-refractivity contribution >= 4 is 92.4 Å². The predicted octanol–water partition coefficient (Wildman–Crippen LogP) is 12.3. The van der Waals surface area contributed by atoms with Gasteiger partial charge in [0, 0.05) is 69.1 Å². The van der Waals surface area contributed by atoms with E-state index in [0.29, 0.717) is 0 Å². The molecule has 0 bridgehead atoms. The number of nitrogens with zero attached hydrogens (tertiary/aromatic N) is 5. The van der Waals surface area contributed by atoms with Gasteiger partial charge >= 0.3 is 13.7 Å². The van der Waals surface area contributed by atoms with Crippen molar-refractivity contribution in [3.63, 3.8) is 0 Å². The highest BCUT2D eigenvalue weighted by atomic mass is 15.2. The molecule has 324 valence electrons. The van der Waals surface area contributed by atoms with E-state index in [0.717, 1.165) is 17.1 Å². The van der Waals surface area contributed by atoms with Crippen LogP contribution in [0.4, 0.5) is 56.9 Å². The number of para-hydroxylation sites is 6. The van der Waals surface area contributed by atoms with Crippen LogP contribution in [0, 0.1) is 20.8 Å². The molecule has 0 amide bonds. The molecule has 0 saturated carbocycles. The molecule has 5 heterocycles. The highest BCUT2D eigenvalue weighted by Gasteiger charge is 2.48. The fraction of sp³-hybridized carbons (Fsp3) is 0.0484. The maximum atomic E-state index is 2.57. The molecule has 0 unspecified atom stereocenters. The summed E-state index contributed by atoms with van der Waals surface area (Å²) < 4.78 is 2.37. The third-order valence-corrected chi connectivity index (χ3v) is 14.9. The zero-order valence-electron chi connectivity index (χ0n) is 38.8. The molecule has 9 aromatic carbocycles. The summed E-state index contributed by atoms with van der Waals surface area (Å²) in [6, 6.07) is 78.6. The number of hydrogen-bond donors (Lipinski definition) is 0. The van der Waals surface area contributed by atoms with Crippen LogP contribution in [-0.4, -0.2) is 13.7 Å². The Hall–Kier alpha value is -8.54. The van der Waals surface area contributed by atoms with E-state index in [4.69, 9.17) is 0 Å². The number of rotatable bonds is 5. The summed E-state index contributed by atoms with van der Waals surface area (Å²) in [5, 5.41) is 0. The first-order valence-corrected chi connectivity index (χ1v) is 24.1. The number of anilines is 10. The Balaban J connectivity index is 1.05. The molecule has 0 aliphatic carbocycles. The number of benzene rings is 9. The fourth-order valence-corrected chi connectivity index (χ4v) is 12.3. The van der Waals surface area contributed by atoms with E-state index in [2.05, 4.69) is 269 Å². The van der Waals surface area contributed by atoms with Gasteiger partial charge < -0.3 is 19.4 Å². The van der Waals surface area contributed by atoms with Gasteiger partial charge in [-0.05, 0) is 126 Å². The van der Waals surface area contributed by atoms with E-state index in [9.17, 15) is 0 Å². The zero-order chi connectivity index (χ0) is 45.9. The van der Waals surface area contributed by atoms with Crippen molar-refractivity contribution in [3.05, 3.63) is 241 Å². The summed E-state index contributed by atoms with van der Waals surface area (Å²) in [4.78, 5) is 10.2. The Morgan fingerprint density at radius 2 is 0.855 bits per heavy atom. The SMILES string of the molecule is Cc1cc(C)c(N2c3ccccc3B3c4c(cc(-[n+]5ccc6c(c5)N(c5ccccc5)c5cccc7c5B6N(c5ccccc5)c5ccccc5-7)cc42)-c2ccccc2N3c2ccccc2)c(C)c1. The largest absolute Gasteiger partial charge is 0.376 e. The summed E-state index contributed by atoms with van der Waals surface area (Å²) in [5.74, 6) is 0. The third kappa shape index (κ3) is 5.83. The van der Waals surface area contributed by atoms with Crippen molar-refractivity contribution < 1.29 is 4.57 Å². The Morgan fingerprint density at radius 1 is 0.362 bits per heavy atom. The Morgan fingerprint density at radius 3 is 1.49 bits per heavy atom. The molecule has 0 atom stereocenters. The summed E-state index contributed by atoms with van der Waals surface area (Å²) in [6.07, 6.45) is 4.70. The van der Waals surface area contributed by atoms with E-state index >= 15 is 0 Å². The summed E-state index contributed by atoms with van der Waals surface area (Å²) in [5.41, 5.74) is 26.9. The Kier molecular flexibility index (Phi) is 8.75. The van der Waals surface area contributed by atoms with E-state index in [-0.39, 0.29) is 13.7 Å². The second-order valence-corrected chi connectivity index (χ2v) is 18.9. The second kappa shape index (κ2) is 15.2. The van der Waals surface area contributed by atoms with Crippen LogP contribution in [0.1, 0.15) is 16.7 Å². The average Bonchev–Trinajstić information content (AvgIpc) is 3.39. The average molecular weight is 883 g/mol. The van der Waals surface area contributed by atoms with Crippen molar-refractivity contribution in [2.24, 2.45) is 0 Å². The molecular formula is C62H46B2N5+. The molecule has 7 heteroatoms. The molecule has 0 spiro atoms. The quantitative estimate of drug-likeness (QED) is 0.126. The van der Waals surface area contributed by atoms with Gasteiger partial charge in [0.05, 0.1) is 11.4 Å². The normalized spacial score (nSPS) is 13.6. The molecule has 69 heavy (non-hydrogen) atoms. The van der Waals surface area contributed by atoms with Crippen molar-refractivity contribution in [2.45, 2.75) is 20.8 Å². The van der Waals surface area contributed by atoms with Crippen LogP contribution >= 0.6 is 0 Å². The second-order valence-electron chi connectivity index (χ2n) is 18.9. The van der Waals surface area contributed by atoms with Crippen molar-refractivity contribution in [2.75, 3.05) is 19.4 Å². The van der Waals surface area contributed by atoms with Gasteiger partial charge in [-0.1, -0.05) is 139 Å². The molecular weight excluding hydrogens is 836 g/mol. The van der Waals surface area contributed by atoms with Crippen LogP contribution in [0.2, 0.25) is 0 Å². The highest BCUT2D eigenvalue weighted by molar-refractivity contribution is 6.94. The highest BCUT2D eigenvalue weighted by Crippen LogP contribution is 2.49. The van der Waals surface area contributed by atoms with Crippen LogP contribution in [0.15, 0.2) is 225 Å². The van der Waals surface area contributed by atoms with Crippen molar-refractivity contribution in [1.29, 1.82) is 0 Å². The molecule has 0 saturated heterocycles. The lowest BCUT2D eigenvalue weighted by atomic mass is 9.43. The minimum absolute atomic E-state index is 0.0641. The molecule has 4 aliphatic rings. The van der Waals surface area contributed by atoms with Gasteiger partial charge in [-0.25, -0.2) is 0 Å².